The van der Waals surface area contributed by atoms with Crippen LogP contribution in [0.3, 0.4) is 0 Å². The molecule has 0 aliphatic heterocycles. The standard InChI is InChI=1S/C26H38F6O3/c1-14(6-11-24(35,25(27,28)29)26(30,31)32)17-4-5-18-16-13-21(34)20-12-15(33)7-9-23(20,3)19(16)8-10-22(17,18)2/h6,11,14-21,33-35H,4-5,7-10,12-13H2,1-3H3/b11-6+/t14-,15-,16?,17-,18?,19?,20+,21+,22-,23-/m1/s1. The number of fused-ring (bicyclic) bond motifs is 5. The van der Waals surface area contributed by atoms with Crippen LogP contribution in [0.15, 0.2) is 12.2 Å². The molecule has 0 saturated heterocycles. The van der Waals surface area contributed by atoms with Gasteiger partial charge in [0.05, 0.1) is 12.2 Å². The minimum absolute atomic E-state index is 0.0540. The second kappa shape index (κ2) is 8.62. The number of aliphatic hydroxyl groups is 3. The van der Waals surface area contributed by atoms with Crippen LogP contribution in [0.2, 0.25) is 0 Å². The zero-order chi connectivity index (χ0) is 26.2. The predicted octanol–water partition coefficient (Wildman–Crippen LogP) is 6.03. The van der Waals surface area contributed by atoms with Crippen LogP contribution >= 0.6 is 0 Å². The lowest BCUT2D eigenvalue weighted by Gasteiger charge is -2.62. The molecule has 0 aromatic heterocycles. The summed E-state index contributed by atoms with van der Waals surface area (Å²) >= 11 is 0. The van der Waals surface area contributed by atoms with Gasteiger partial charge in [-0.1, -0.05) is 26.8 Å². The first-order valence-electron chi connectivity index (χ1n) is 12.9. The lowest BCUT2D eigenvalue weighted by Crippen LogP contribution is -2.58. The molecule has 0 radical (unpaired) electrons. The topological polar surface area (TPSA) is 60.7 Å². The summed E-state index contributed by atoms with van der Waals surface area (Å²) in [6, 6.07) is 0. The highest BCUT2D eigenvalue weighted by atomic mass is 19.4. The number of allylic oxidation sites excluding steroid dienone is 1. The van der Waals surface area contributed by atoms with Crippen molar-refractivity contribution in [2.45, 2.75) is 102 Å². The summed E-state index contributed by atoms with van der Waals surface area (Å²) in [7, 11) is 0. The van der Waals surface area contributed by atoms with Gasteiger partial charge in [0.25, 0.3) is 5.60 Å². The van der Waals surface area contributed by atoms with Crippen LogP contribution < -0.4 is 0 Å². The van der Waals surface area contributed by atoms with Crippen LogP contribution in [0.1, 0.15) is 72.1 Å². The average molecular weight is 513 g/mol. The second-order valence-corrected chi connectivity index (χ2v) is 12.4. The zero-order valence-corrected chi connectivity index (χ0v) is 20.5. The molecule has 4 aliphatic carbocycles. The maximum Gasteiger partial charge on any atom is 0.429 e. The fourth-order valence-electron chi connectivity index (χ4n) is 8.96. The van der Waals surface area contributed by atoms with Crippen molar-refractivity contribution in [2.75, 3.05) is 0 Å². The Bertz CT molecular complexity index is 811. The number of rotatable bonds is 3. The van der Waals surface area contributed by atoms with Gasteiger partial charge in [0.2, 0.25) is 0 Å². The van der Waals surface area contributed by atoms with Crippen LogP contribution in [-0.4, -0.2) is 45.5 Å². The van der Waals surface area contributed by atoms with Crippen molar-refractivity contribution in [1.29, 1.82) is 0 Å². The third-order valence-corrected chi connectivity index (χ3v) is 10.9. The highest BCUT2D eigenvalue weighted by molar-refractivity contribution is 5.15. The van der Waals surface area contributed by atoms with Gasteiger partial charge in [-0.25, -0.2) is 0 Å². The minimum atomic E-state index is -5.86. The van der Waals surface area contributed by atoms with E-state index in [4.69, 9.17) is 0 Å². The van der Waals surface area contributed by atoms with Crippen molar-refractivity contribution >= 4 is 0 Å². The van der Waals surface area contributed by atoms with E-state index in [2.05, 4.69) is 13.8 Å². The van der Waals surface area contributed by atoms with Gasteiger partial charge in [-0.3, -0.25) is 0 Å². The molecule has 0 bridgehead atoms. The van der Waals surface area contributed by atoms with Crippen LogP contribution in [0.5, 0.6) is 0 Å². The zero-order valence-electron chi connectivity index (χ0n) is 20.5. The van der Waals surface area contributed by atoms with E-state index >= 15 is 0 Å². The lowest BCUT2D eigenvalue weighted by atomic mass is 9.44. The molecule has 10 atom stereocenters. The summed E-state index contributed by atoms with van der Waals surface area (Å²) in [6.45, 7) is 5.99. The molecule has 0 amide bonds. The Morgan fingerprint density at radius 1 is 0.800 bits per heavy atom. The molecular formula is C26H38F6O3. The maximum absolute atomic E-state index is 13.1. The number of aliphatic hydroxyl groups excluding tert-OH is 2. The normalized spacial score (nSPS) is 45.7. The molecule has 3 N–H and O–H groups in total. The van der Waals surface area contributed by atoms with E-state index in [0.29, 0.717) is 25.2 Å². The molecule has 9 heteroatoms. The maximum atomic E-state index is 13.1. The largest absolute Gasteiger partial charge is 0.429 e. The van der Waals surface area contributed by atoms with Gasteiger partial charge in [-0.05, 0) is 104 Å². The predicted molar refractivity (Wildman–Crippen MR) is 118 cm³/mol. The van der Waals surface area contributed by atoms with Gasteiger partial charge in [0, 0.05) is 0 Å². The van der Waals surface area contributed by atoms with Crippen molar-refractivity contribution in [2.24, 2.45) is 46.3 Å². The Kier molecular flexibility index (Phi) is 6.71. The molecule has 0 heterocycles. The third kappa shape index (κ3) is 4.15. The fourth-order valence-corrected chi connectivity index (χ4v) is 8.96. The summed E-state index contributed by atoms with van der Waals surface area (Å²) in [5.41, 5.74) is -5.19. The molecule has 35 heavy (non-hydrogen) atoms. The number of hydrogen-bond donors (Lipinski definition) is 3. The molecule has 0 aromatic rings. The summed E-state index contributed by atoms with van der Waals surface area (Å²) in [4.78, 5) is 0. The van der Waals surface area contributed by atoms with Gasteiger partial charge in [-0.2, -0.15) is 26.3 Å². The van der Waals surface area contributed by atoms with Crippen molar-refractivity contribution in [3.05, 3.63) is 12.2 Å². The number of alkyl halides is 6. The Morgan fingerprint density at radius 3 is 1.97 bits per heavy atom. The van der Waals surface area contributed by atoms with Gasteiger partial charge in [0.1, 0.15) is 0 Å². The molecule has 4 rings (SSSR count). The molecule has 3 nitrogen and oxygen atoms in total. The molecule has 4 aliphatic rings. The molecule has 3 unspecified atom stereocenters. The molecule has 4 saturated carbocycles. The van der Waals surface area contributed by atoms with E-state index in [1.165, 1.54) is 0 Å². The second-order valence-electron chi connectivity index (χ2n) is 12.4. The monoisotopic (exact) mass is 512 g/mol. The Morgan fingerprint density at radius 2 is 1.37 bits per heavy atom. The van der Waals surface area contributed by atoms with Crippen molar-refractivity contribution < 1.29 is 41.7 Å². The quantitative estimate of drug-likeness (QED) is 0.320. The first-order valence-corrected chi connectivity index (χ1v) is 12.9. The first kappa shape index (κ1) is 27.2. The lowest BCUT2D eigenvalue weighted by molar-refractivity contribution is -0.347. The van der Waals surface area contributed by atoms with Gasteiger partial charge >= 0.3 is 12.4 Å². The fraction of sp³-hybridized carbons (Fsp3) is 0.923. The van der Waals surface area contributed by atoms with Crippen molar-refractivity contribution in [3.8, 4) is 0 Å². The van der Waals surface area contributed by atoms with Crippen LogP contribution in [0.25, 0.3) is 0 Å². The van der Waals surface area contributed by atoms with Crippen LogP contribution in [-0.2, 0) is 0 Å². The summed E-state index contributed by atoms with van der Waals surface area (Å²) < 4.78 is 78.8. The summed E-state index contributed by atoms with van der Waals surface area (Å²) in [5, 5.41) is 30.8. The van der Waals surface area contributed by atoms with E-state index in [9.17, 15) is 41.7 Å². The first-order chi connectivity index (χ1) is 16.0. The highest BCUT2D eigenvalue weighted by Crippen LogP contribution is 2.68. The Labute approximate surface area is 203 Å². The summed E-state index contributed by atoms with van der Waals surface area (Å²) in [6.07, 6.45) is -5.73. The van der Waals surface area contributed by atoms with Crippen molar-refractivity contribution in [3.63, 3.8) is 0 Å². The number of hydrogen-bond acceptors (Lipinski definition) is 3. The third-order valence-electron chi connectivity index (χ3n) is 10.9. The molecular weight excluding hydrogens is 474 g/mol. The van der Waals surface area contributed by atoms with E-state index < -0.39 is 30.0 Å². The molecule has 4 fully saturated rings. The van der Waals surface area contributed by atoms with E-state index in [0.717, 1.165) is 38.2 Å². The smallest absolute Gasteiger partial charge is 0.393 e. The SMILES string of the molecule is C[C@H](/C=C/C(O)(C(F)(F)F)C(F)(F)F)[C@H]1CCC2C3C[C@H](O)[C@@H]4C[C@H](O)CC[C@]4(C)C3CC[C@@]21C. The van der Waals surface area contributed by atoms with E-state index in [1.54, 1.807) is 6.92 Å². The molecule has 0 spiro atoms. The van der Waals surface area contributed by atoms with Crippen LogP contribution in [0, 0.1) is 46.3 Å². The Hall–Kier alpha value is -0.800. The minimum Gasteiger partial charge on any atom is -0.393 e. The van der Waals surface area contributed by atoms with Crippen molar-refractivity contribution in [1.82, 2.24) is 0 Å². The van der Waals surface area contributed by atoms with Crippen LogP contribution in [0.4, 0.5) is 26.3 Å². The summed E-state index contributed by atoms with van der Waals surface area (Å²) in [5.74, 6) is 0.268. The molecule has 0 aromatic carbocycles. The average Bonchev–Trinajstić information content (AvgIpc) is 3.09. The van der Waals surface area contributed by atoms with E-state index in [-0.39, 0.29) is 46.7 Å². The number of halogens is 6. The Balaban J connectivity index is 1.56. The molecule has 202 valence electrons. The van der Waals surface area contributed by atoms with E-state index in [1.807, 2.05) is 0 Å². The highest BCUT2D eigenvalue weighted by Gasteiger charge is 2.69. The van der Waals surface area contributed by atoms with Gasteiger partial charge < -0.3 is 15.3 Å². The van der Waals surface area contributed by atoms with Gasteiger partial charge in [-0.15, -0.1) is 0 Å². The van der Waals surface area contributed by atoms with Gasteiger partial charge in [0.15, 0.2) is 0 Å².